The van der Waals surface area contributed by atoms with Crippen molar-refractivity contribution in [3.05, 3.63) is 32.8 Å². The van der Waals surface area contributed by atoms with Gasteiger partial charge in [-0.1, -0.05) is 15.9 Å². The molecule has 110 valence electrons. The summed E-state index contributed by atoms with van der Waals surface area (Å²) < 4.78 is 5.44. The summed E-state index contributed by atoms with van der Waals surface area (Å²) in [5.74, 6) is -0.130. The second-order valence-electron chi connectivity index (χ2n) is 3.94. The number of anilines is 1. The molecule has 0 saturated heterocycles. The molecule has 0 spiro atoms. The molecule has 0 fully saturated rings. The molecule has 1 rings (SSSR count). The van der Waals surface area contributed by atoms with Crippen LogP contribution in [0.3, 0.4) is 0 Å². The Kier molecular flexibility index (Phi) is 6.96. The van der Waals surface area contributed by atoms with Crippen molar-refractivity contribution in [1.29, 1.82) is 0 Å². The third kappa shape index (κ3) is 5.54. The fourth-order valence-electron chi connectivity index (χ4n) is 1.50. The number of methoxy groups -OCH3 is 1. The molecule has 0 radical (unpaired) electrons. The Bertz CT molecular complexity index is 482. The molecule has 0 unspecified atom stereocenters. The lowest BCUT2D eigenvalue weighted by Gasteiger charge is -2.08. The van der Waals surface area contributed by atoms with E-state index in [9.17, 15) is 14.9 Å². The summed E-state index contributed by atoms with van der Waals surface area (Å²) in [6.07, 6.45) is 0.233. The van der Waals surface area contributed by atoms with Crippen LogP contribution in [-0.2, 0) is 9.53 Å². The second-order valence-corrected chi connectivity index (χ2v) is 4.85. The van der Waals surface area contributed by atoms with E-state index < -0.39 is 4.92 Å². The number of ether oxygens (including phenoxy) is 1. The summed E-state index contributed by atoms with van der Waals surface area (Å²) in [6.45, 7) is 1.23. The number of carbonyl (C=O) groups is 1. The molecule has 0 atom stereocenters. The Morgan fingerprint density at radius 2 is 2.20 bits per heavy atom. The maximum absolute atomic E-state index is 11.4. The smallest absolute Gasteiger partial charge is 0.293 e. The first-order chi connectivity index (χ1) is 9.54. The number of hydrogen-bond acceptors (Lipinski definition) is 5. The maximum atomic E-state index is 11.4. The van der Waals surface area contributed by atoms with Crippen molar-refractivity contribution in [1.82, 2.24) is 5.32 Å². The lowest BCUT2D eigenvalue weighted by atomic mass is 10.2. The largest absolute Gasteiger partial charge is 0.383 e. The Hall–Kier alpha value is -1.67. The number of halogens is 1. The molecule has 0 aliphatic rings. The van der Waals surface area contributed by atoms with Gasteiger partial charge < -0.3 is 15.4 Å². The molecule has 1 aromatic rings. The van der Waals surface area contributed by atoms with Crippen LogP contribution in [0.2, 0.25) is 0 Å². The number of nitro benzene ring substituents is 1. The minimum absolute atomic E-state index is 0.0285. The molecule has 0 bridgehead atoms. The van der Waals surface area contributed by atoms with Gasteiger partial charge in [0.1, 0.15) is 5.69 Å². The van der Waals surface area contributed by atoms with E-state index in [1.807, 2.05) is 0 Å². The van der Waals surface area contributed by atoms with Gasteiger partial charge in [-0.2, -0.15) is 0 Å². The number of nitrogens with zero attached hydrogens (tertiary/aromatic N) is 1. The molecule has 8 heteroatoms. The van der Waals surface area contributed by atoms with E-state index in [4.69, 9.17) is 4.74 Å². The third-order valence-corrected chi connectivity index (χ3v) is 2.95. The number of amides is 1. The third-order valence-electron chi connectivity index (χ3n) is 2.45. The normalized spacial score (nSPS) is 10.1. The van der Waals surface area contributed by atoms with Gasteiger partial charge in [0.25, 0.3) is 5.69 Å². The van der Waals surface area contributed by atoms with Gasteiger partial charge in [-0.3, -0.25) is 14.9 Å². The fraction of sp³-hybridized carbons (Fsp3) is 0.417. The van der Waals surface area contributed by atoms with E-state index in [2.05, 4.69) is 26.6 Å². The quantitative estimate of drug-likeness (QED) is 0.426. The number of nitrogens with one attached hydrogen (secondary N) is 2. The first-order valence-electron chi connectivity index (χ1n) is 5.98. The topological polar surface area (TPSA) is 93.5 Å². The van der Waals surface area contributed by atoms with E-state index in [0.717, 1.165) is 0 Å². The van der Waals surface area contributed by atoms with Crippen LogP contribution < -0.4 is 10.6 Å². The Morgan fingerprint density at radius 3 is 2.85 bits per heavy atom. The summed E-state index contributed by atoms with van der Waals surface area (Å²) in [7, 11) is 1.56. The standard InChI is InChI=1S/C12H16BrN3O4/c1-20-7-6-15-12(17)4-5-14-10-3-2-9(13)8-11(10)16(18)19/h2-3,8,14H,4-7H2,1H3,(H,15,17). The van der Waals surface area contributed by atoms with Gasteiger partial charge in [0.2, 0.25) is 5.91 Å². The monoisotopic (exact) mass is 345 g/mol. The van der Waals surface area contributed by atoms with Crippen molar-refractivity contribution in [2.45, 2.75) is 6.42 Å². The molecule has 1 aromatic carbocycles. The lowest BCUT2D eigenvalue weighted by Crippen LogP contribution is -2.28. The van der Waals surface area contributed by atoms with Crippen LogP contribution in [0, 0.1) is 10.1 Å². The van der Waals surface area contributed by atoms with Crippen LogP contribution in [0.15, 0.2) is 22.7 Å². The van der Waals surface area contributed by atoms with E-state index in [0.29, 0.717) is 29.9 Å². The lowest BCUT2D eigenvalue weighted by molar-refractivity contribution is -0.384. The van der Waals surface area contributed by atoms with Gasteiger partial charge in [-0.15, -0.1) is 0 Å². The molecule has 2 N–H and O–H groups in total. The number of benzene rings is 1. The highest BCUT2D eigenvalue weighted by Crippen LogP contribution is 2.27. The molecule has 0 aliphatic heterocycles. The number of nitro groups is 1. The van der Waals surface area contributed by atoms with E-state index in [1.165, 1.54) is 6.07 Å². The highest BCUT2D eigenvalue weighted by molar-refractivity contribution is 9.10. The SMILES string of the molecule is COCCNC(=O)CCNc1ccc(Br)cc1[N+](=O)[O-]. The molecule has 0 heterocycles. The zero-order valence-corrected chi connectivity index (χ0v) is 12.6. The van der Waals surface area contributed by atoms with Crippen LogP contribution in [0.1, 0.15) is 6.42 Å². The van der Waals surface area contributed by atoms with E-state index in [1.54, 1.807) is 19.2 Å². The van der Waals surface area contributed by atoms with Crippen molar-refractivity contribution in [2.24, 2.45) is 0 Å². The van der Waals surface area contributed by atoms with Crippen molar-refractivity contribution in [3.8, 4) is 0 Å². The number of carbonyl (C=O) groups excluding carboxylic acids is 1. The number of hydrogen-bond donors (Lipinski definition) is 2. The molecule has 1 amide bonds. The van der Waals surface area contributed by atoms with Gasteiger partial charge in [-0.25, -0.2) is 0 Å². The predicted octanol–water partition coefficient (Wildman–Crippen LogP) is 1.92. The van der Waals surface area contributed by atoms with Crippen LogP contribution in [-0.4, -0.2) is 37.6 Å². The van der Waals surface area contributed by atoms with Crippen LogP contribution in [0.5, 0.6) is 0 Å². The molecule has 0 aliphatic carbocycles. The Balaban J connectivity index is 2.46. The molecule has 0 aromatic heterocycles. The molecular weight excluding hydrogens is 330 g/mol. The Labute approximate surface area is 125 Å². The fourth-order valence-corrected chi connectivity index (χ4v) is 1.85. The van der Waals surface area contributed by atoms with Crippen molar-refractivity contribution in [3.63, 3.8) is 0 Å². The summed E-state index contributed by atoms with van der Waals surface area (Å²) in [4.78, 5) is 21.9. The van der Waals surface area contributed by atoms with E-state index >= 15 is 0 Å². The summed E-state index contributed by atoms with van der Waals surface area (Å²) in [5, 5.41) is 16.5. The minimum Gasteiger partial charge on any atom is -0.383 e. The van der Waals surface area contributed by atoms with Gasteiger partial charge in [0, 0.05) is 37.2 Å². The van der Waals surface area contributed by atoms with E-state index in [-0.39, 0.29) is 18.0 Å². The number of rotatable bonds is 8. The Morgan fingerprint density at radius 1 is 1.45 bits per heavy atom. The highest BCUT2D eigenvalue weighted by Gasteiger charge is 2.13. The zero-order valence-electron chi connectivity index (χ0n) is 11.0. The minimum atomic E-state index is -0.467. The molecular formula is C12H16BrN3O4. The summed E-state index contributed by atoms with van der Waals surface area (Å²) >= 11 is 3.18. The van der Waals surface area contributed by atoms with Crippen LogP contribution in [0.25, 0.3) is 0 Å². The first-order valence-corrected chi connectivity index (χ1v) is 6.77. The van der Waals surface area contributed by atoms with Crippen molar-refractivity contribution >= 4 is 33.2 Å². The van der Waals surface area contributed by atoms with Gasteiger partial charge in [0.05, 0.1) is 11.5 Å². The summed E-state index contributed by atoms with van der Waals surface area (Å²) in [5.41, 5.74) is 0.363. The first kappa shape index (κ1) is 16.4. The molecule has 7 nitrogen and oxygen atoms in total. The van der Waals surface area contributed by atoms with Gasteiger partial charge in [0.15, 0.2) is 0 Å². The van der Waals surface area contributed by atoms with Crippen molar-refractivity contribution in [2.75, 3.05) is 32.1 Å². The molecule has 0 saturated carbocycles. The van der Waals surface area contributed by atoms with Gasteiger partial charge >= 0.3 is 0 Å². The average molecular weight is 346 g/mol. The maximum Gasteiger partial charge on any atom is 0.293 e. The average Bonchev–Trinajstić information content (AvgIpc) is 2.40. The van der Waals surface area contributed by atoms with Crippen LogP contribution in [0.4, 0.5) is 11.4 Å². The molecule has 20 heavy (non-hydrogen) atoms. The van der Waals surface area contributed by atoms with Crippen LogP contribution >= 0.6 is 15.9 Å². The highest BCUT2D eigenvalue weighted by atomic mass is 79.9. The van der Waals surface area contributed by atoms with Crippen molar-refractivity contribution < 1.29 is 14.5 Å². The predicted molar refractivity (Wildman–Crippen MR) is 78.8 cm³/mol. The summed E-state index contributed by atoms with van der Waals surface area (Å²) in [6, 6.07) is 4.72. The zero-order chi connectivity index (χ0) is 15.0. The second kappa shape index (κ2) is 8.49. The van der Waals surface area contributed by atoms with Gasteiger partial charge in [-0.05, 0) is 12.1 Å².